The van der Waals surface area contributed by atoms with E-state index in [0.717, 1.165) is 0 Å². The summed E-state index contributed by atoms with van der Waals surface area (Å²) in [4.78, 5) is 43.1. The van der Waals surface area contributed by atoms with E-state index in [0.29, 0.717) is 56.4 Å². The van der Waals surface area contributed by atoms with Gasteiger partial charge in [-0.25, -0.2) is 0 Å². The van der Waals surface area contributed by atoms with Crippen LogP contribution in [0, 0.1) is 11.8 Å². The minimum Gasteiger partial charge on any atom is -0.324 e. The molecule has 2 saturated heterocycles. The van der Waals surface area contributed by atoms with Gasteiger partial charge in [-0.3, -0.25) is 29.1 Å². The molecule has 2 aliphatic heterocycles. The Bertz CT molecular complexity index is 809. The van der Waals surface area contributed by atoms with Gasteiger partial charge in [0.05, 0.1) is 35.8 Å². The lowest BCUT2D eigenvalue weighted by Gasteiger charge is -2.35. The monoisotopic (exact) mass is 416 g/mol. The lowest BCUT2D eigenvalue weighted by molar-refractivity contribution is -0.142. The van der Waals surface area contributed by atoms with E-state index in [2.05, 4.69) is 15.1 Å². The van der Waals surface area contributed by atoms with E-state index in [1.54, 1.807) is 12.1 Å². The highest BCUT2D eigenvalue weighted by molar-refractivity contribution is 6.33. The van der Waals surface area contributed by atoms with E-state index >= 15 is 0 Å². The molecule has 0 unspecified atom stereocenters. The van der Waals surface area contributed by atoms with Crippen LogP contribution in [0.5, 0.6) is 0 Å². The average Bonchev–Trinajstić information content (AvgIpc) is 2.96. The van der Waals surface area contributed by atoms with Crippen molar-refractivity contribution in [3.8, 4) is 0 Å². The van der Waals surface area contributed by atoms with Crippen molar-refractivity contribution in [1.29, 1.82) is 0 Å². The zero-order valence-corrected chi connectivity index (χ0v) is 17.0. The zero-order chi connectivity index (χ0) is 20.4. The molecule has 0 bridgehead atoms. The molecule has 2 heterocycles. The number of para-hydroxylation sites is 1. The third kappa shape index (κ3) is 4.37. The maximum Gasteiger partial charge on any atom is 0.238 e. The number of nitrogens with zero attached hydrogens (tertiary/aromatic N) is 3. The van der Waals surface area contributed by atoms with Crippen molar-refractivity contribution in [2.75, 3.05) is 44.7 Å². The molecular weight excluding hydrogens is 392 g/mol. The van der Waals surface area contributed by atoms with Crippen molar-refractivity contribution in [2.24, 2.45) is 11.8 Å². The molecule has 0 saturated carbocycles. The second kappa shape index (κ2) is 8.65. The Balaban J connectivity index is 1.25. The Morgan fingerprint density at radius 2 is 1.55 bits per heavy atom. The summed E-state index contributed by atoms with van der Waals surface area (Å²) in [6.07, 6.45) is 5.34. The Labute approximate surface area is 175 Å². The van der Waals surface area contributed by atoms with E-state index in [1.165, 1.54) is 4.90 Å². The molecule has 2 fully saturated rings. The van der Waals surface area contributed by atoms with Gasteiger partial charge in [0.1, 0.15) is 0 Å². The second-order valence-electron chi connectivity index (χ2n) is 7.82. The van der Waals surface area contributed by atoms with E-state index in [4.69, 9.17) is 11.6 Å². The SMILES string of the molecule is O=C(CN1CCN(CN2C(=O)[C@@H]3CC=CC[C@H]3C2=O)CC1)Nc1ccccc1Cl. The van der Waals surface area contributed by atoms with Crippen LogP contribution >= 0.6 is 11.6 Å². The van der Waals surface area contributed by atoms with Gasteiger partial charge in [0.15, 0.2) is 0 Å². The topological polar surface area (TPSA) is 73.0 Å². The van der Waals surface area contributed by atoms with E-state index in [9.17, 15) is 14.4 Å². The number of anilines is 1. The maximum absolute atomic E-state index is 12.6. The molecule has 154 valence electrons. The van der Waals surface area contributed by atoms with Crippen molar-refractivity contribution in [1.82, 2.24) is 14.7 Å². The fourth-order valence-corrected chi connectivity index (χ4v) is 4.44. The predicted octanol–water partition coefficient (Wildman–Crippen LogP) is 1.80. The third-order valence-electron chi connectivity index (χ3n) is 5.92. The normalized spacial score (nSPS) is 25.3. The molecule has 0 radical (unpaired) electrons. The van der Waals surface area contributed by atoms with Gasteiger partial charge < -0.3 is 5.32 Å². The van der Waals surface area contributed by atoms with E-state index in [1.807, 2.05) is 24.3 Å². The minimum atomic E-state index is -0.178. The fraction of sp³-hybridized carbons (Fsp3) is 0.476. The van der Waals surface area contributed by atoms with Crippen LogP contribution in [-0.4, -0.2) is 71.8 Å². The highest BCUT2D eigenvalue weighted by atomic mass is 35.5. The standard InChI is InChI=1S/C21H25ClN4O3/c22-17-7-3-4-8-18(17)23-19(27)13-24-9-11-25(12-10-24)14-26-20(28)15-5-1-2-6-16(15)21(26)29/h1-4,7-8,15-16H,5-6,9-14H2,(H,23,27)/t15-,16-/m1/s1. The van der Waals surface area contributed by atoms with Crippen molar-refractivity contribution < 1.29 is 14.4 Å². The second-order valence-corrected chi connectivity index (χ2v) is 8.23. The quantitative estimate of drug-likeness (QED) is 0.585. The number of allylic oxidation sites excluding steroid dienone is 2. The molecule has 1 aromatic carbocycles. The Hall–Kier alpha value is -2.22. The molecule has 8 heteroatoms. The van der Waals surface area contributed by atoms with Crippen LogP contribution in [0.2, 0.25) is 5.02 Å². The van der Waals surface area contributed by atoms with Gasteiger partial charge in [-0.2, -0.15) is 0 Å². The van der Waals surface area contributed by atoms with Crippen LogP contribution in [0.3, 0.4) is 0 Å². The summed E-state index contributed by atoms with van der Waals surface area (Å²) in [5.74, 6) is -0.533. The molecule has 1 aliphatic carbocycles. The number of halogens is 1. The molecule has 4 rings (SSSR count). The number of piperazine rings is 1. The molecule has 2 atom stereocenters. The molecule has 1 N–H and O–H groups in total. The van der Waals surface area contributed by atoms with Crippen LogP contribution < -0.4 is 5.32 Å². The van der Waals surface area contributed by atoms with Gasteiger partial charge in [-0.15, -0.1) is 0 Å². The summed E-state index contributed by atoms with van der Waals surface area (Å²) < 4.78 is 0. The lowest BCUT2D eigenvalue weighted by atomic mass is 9.85. The first-order chi connectivity index (χ1) is 14.0. The lowest BCUT2D eigenvalue weighted by Crippen LogP contribution is -2.52. The number of nitrogens with one attached hydrogen (secondary N) is 1. The number of likely N-dealkylation sites (tertiary alicyclic amines) is 1. The molecule has 29 heavy (non-hydrogen) atoms. The largest absolute Gasteiger partial charge is 0.324 e. The molecular formula is C21H25ClN4O3. The van der Waals surface area contributed by atoms with Crippen molar-refractivity contribution in [3.05, 3.63) is 41.4 Å². The van der Waals surface area contributed by atoms with Crippen LogP contribution in [0.1, 0.15) is 12.8 Å². The van der Waals surface area contributed by atoms with E-state index in [-0.39, 0.29) is 36.1 Å². The van der Waals surface area contributed by atoms with Gasteiger partial charge in [-0.05, 0) is 25.0 Å². The van der Waals surface area contributed by atoms with Crippen molar-refractivity contribution in [2.45, 2.75) is 12.8 Å². The Morgan fingerprint density at radius 1 is 0.966 bits per heavy atom. The van der Waals surface area contributed by atoms with Gasteiger partial charge in [0, 0.05) is 26.2 Å². The first-order valence-corrected chi connectivity index (χ1v) is 10.4. The molecule has 3 aliphatic rings. The highest BCUT2D eigenvalue weighted by Gasteiger charge is 2.47. The summed E-state index contributed by atoms with van der Waals surface area (Å²) in [5, 5.41) is 3.35. The molecule has 0 spiro atoms. The van der Waals surface area contributed by atoms with Gasteiger partial charge >= 0.3 is 0 Å². The summed E-state index contributed by atoms with van der Waals surface area (Å²) in [5.41, 5.74) is 0.611. The highest BCUT2D eigenvalue weighted by Crippen LogP contribution is 2.35. The molecule has 1 aromatic rings. The van der Waals surface area contributed by atoms with Crippen LogP contribution in [0.25, 0.3) is 0 Å². The summed E-state index contributed by atoms with van der Waals surface area (Å²) in [6.45, 7) is 3.48. The first kappa shape index (κ1) is 20.1. The summed E-state index contributed by atoms with van der Waals surface area (Å²) >= 11 is 6.08. The number of imide groups is 1. The first-order valence-electron chi connectivity index (χ1n) is 10.0. The van der Waals surface area contributed by atoms with E-state index < -0.39 is 0 Å². The number of carbonyl (C=O) groups is 3. The van der Waals surface area contributed by atoms with Gasteiger partial charge in [-0.1, -0.05) is 35.9 Å². The third-order valence-corrected chi connectivity index (χ3v) is 6.25. The number of fused-ring (bicyclic) bond motifs is 1. The van der Waals surface area contributed by atoms with Crippen molar-refractivity contribution >= 4 is 35.0 Å². The Morgan fingerprint density at radius 3 is 2.17 bits per heavy atom. The van der Waals surface area contributed by atoms with Crippen molar-refractivity contribution in [3.63, 3.8) is 0 Å². The number of hydrogen-bond donors (Lipinski definition) is 1. The smallest absolute Gasteiger partial charge is 0.238 e. The fourth-order valence-electron chi connectivity index (χ4n) is 4.25. The minimum absolute atomic E-state index is 0.0362. The van der Waals surface area contributed by atoms with Crippen LogP contribution in [0.4, 0.5) is 5.69 Å². The van der Waals surface area contributed by atoms with Crippen LogP contribution in [0.15, 0.2) is 36.4 Å². The zero-order valence-electron chi connectivity index (χ0n) is 16.2. The average molecular weight is 417 g/mol. The number of rotatable bonds is 5. The molecule has 0 aromatic heterocycles. The number of amides is 3. The predicted molar refractivity (Wildman–Crippen MR) is 110 cm³/mol. The summed E-state index contributed by atoms with van der Waals surface area (Å²) in [6, 6.07) is 7.16. The number of hydrogen-bond acceptors (Lipinski definition) is 5. The molecule has 3 amide bonds. The number of carbonyl (C=O) groups excluding carboxylic acids is 3. The number of benzene rings is 1. The van der Waals surface area contributed by atoms with Crippen LogP contribution in [-0.2, 0) is 14.4 Å². The maximum atomic E-state index is 12.6. The van der Waals surface area contributed by atoms with Gasteiger partial charge in [0.25, 0.3) is 0 Å². The molecule has 7 nitrogen and oxygen atoms in total. The van der Waals surface area contributed by atoms with Gasteiger partial charge in [0.2, 0.25) is 17.7 Å². The Kier molecular flexibility index (Phi) is 5.99. The summed E-state index contributed by atoms with van der Waals surface area (Å²) in [7, 11) is 0.